The van der Waals surface area contributed by atoms with Crippen molar-refractivity contribution in [3.63, 3.8) is 0 Å². The number of benzene rings is 1. The Morgan fingerprint density at radius 2 is 2.05 bits per heavy atom. The summed E-state index contributed by atoms with van der Waals surface area (Å²) >= 11 is 0. The molecule has 0 aliphatic heterocycles. The van der Waals surface area contributed by atoms with E-state index in [9.17, 15) is 10.1 Å². The number of carbonyl (C=O) groups excluding carboxylic acids is 1. The topological polar surface area (TPSA) is 123 Å². The van der Waals surface area contributed by atoms with Crippen molar-refractivity contribution in [2.45, 2.75) is 65.3 Å². The van der Waals surface area contributed by atoms with Crippen molar-refractivity contribution in [1.29, 1.82) is 5.26 Å². The molecular formula is C27H31FN8O2. The molecule has 11 heteroatoms. The van der Waals surface area contributed by atoms with Crippen LogP contribution in [0.25, 0.3) is 10.9 Å². The van der Waals surface area contributed by atoms with Gasteiger partial charge in [-0.3, -0.25) is 14.2 Å². The number of nitriles is 1. The summed E-state index contributed by atoms with van der Waals surface area (Å²) in [4.78, 5) is 16.7. The van der Waals surface area contributed by atoms with Crippen molar-refractivity contribution in [1.82, 2.24) is 24.5 Å². The number of aromatic nitrogens is 5. The molecule has 198 valence electrons. The smallest absolute Gasteiger partial charge is 0.306 e. The Morgan fingerprint density at radius 1 is 1.24 bits per heavy atom. The first-order valence-electron chi connectivity index (χ1n) is 12.4. The third-order valence-electron chi connectivity index (χ3n) is 5.72. The Balaban J connectivity index is 1.57. The lowest BCUT2D eigenvalue weighted by Gasteiger charge is -2.22. The summed E-state index contributed by atoms with van der Waals surface area (Å²) in [5, 5.41) is 25.4. The Bertz CT molecular complexity index is 1450. The Morgan fingerprint density at radius 3 is 2.74 bits per heavy atom. The van der Waals surface area contributed by atoms with Crippen molar-refractivity contribution < 1.29 is 13.9 Å². The predicted octanol–water partition coefficient (Wildman–Crippen LogP) is 5.00. The van der Waals surface area contributed by atoms with Gasteiger partial charge in [-0.15, -0.1) is 0 Å². The maximum atomic E-state index is 15.0. The van der Waals surface area contributed by atoms with Gasteiger partial charge in [-0.25, -0.2) is 9.37 Å². The van der Waals surface area contributed by atoms with E-state index in [0.29, 0.717) is 18.7 Å². The fourth-order valence-corrected chi connectivity index (χ4v) is 4.05. The maximum Gasteiger partial charge on any atom is 0.306 e. The van der Waals surface area contributed by atoms with Crippen molar-refractivity contribution >= 4 is 34.2 Å². The zero-order chi connectivity index (χ0) is 27.3. The molecule has 0 unspecified atom stereocenters. The maximum absolute atomic E-state index is 15.0. The largest absolute Gasteiger partial charge is 0.460 e. The predicted molar refractivity (Wildman–Crippen MR) is 142 cm³/mol. The van der Waals surface area contributed by atoms with E-state index < -0.39 is 11.4 Å². The third kappa shape index (κ3) is 6.64. The first-order chi connectivity index (χ1) is 18.1. The van der Waals surface area contributed by atoms with Gasteiger partial charge >= 0.3 is 5.97 Å². The van der Waals surface area contributed by atoms with Gasteiger partial charge in [0.2, 0.25) is 0 Å². The molecular weight excluding hydrogens is 487 g/mol. The monoisotopic (exact) mass is 518 g/mol. The lowest BCUT2D eigenvalue weighted by atomic mass is 10.1. The lowest BCUT2D eigenvalue weighted by Crippen LogP contribution is -2.29. The minimum absolute atomic E-state index is 0.0345. The first-order valence-corrected chi connectivity index (χ1v) is 12.4. The van der Waals surface area contributed by atoms with Gasteiger partial charge in [0.05, 0.1) is 23.8 Å². The second kappa shape index (κ2) is 11.3. The van der Waals surface area contributed by atoms with E-state index in [1.807, 2.05) is 56.6 Å². The normalized spacial score (nSPS) is 12.2. The van der Waals surface area contributed by atoms with E-state index in [1.165, 1.54) is 0 Å². The van der Waals surface area contributed by atoms with Crippen LogP contribution < -0.4 is 10.6 Å². The number of nitrogens with one attached hydrogen (secondary N) is 2. The zero-order valence-electron chi connectivity index (χ0n) is 21.9. The van der Waals surface area contributed by atoms with Crippen molar-refractivity contribution in [2.24, 2.45) is 0 Å². The number of esters is 1. The van der Waals surface area contributed by atoms with Gasteiger partial charge in [0.15, 0.2) is 17.5 Å². The van der Waals surface area contributed by atoms with Crippen LogP contribution in [0.5, 0.6) is 0 Å². The van der Waals surface area contributed by atoms with E-state index in [2.05, 4.69) is 25.8 Å². The molecule has 0 saturated carbocycles. The van der Waals surface area contributed by atoms with Gasteiger partial charge in [-0.1, -0.05) is 0 Å². The molecule has 3 aromatic heterocycles. The molecule has 0 aliphatic rings. The number of fused-ring (bicyclic) bond motifs is 1. The summed E-state index contributed by atoms with van der Waals surface area (Å²) in [5.41, 5.74) is 1.14. The summed E-state index contributed by atoms with van der Waals surface area (Å²) in [6, 6.07) is 10.2. The van der Waals surface area contributed by atoms with Crippen LogP contribution >= 0.6 is 0 Å². The van der Waals surface area contributed by atoms with Crippen LogP contribution in [0.3, 0.4) is 0 Å². The number of hydrogen-bond donors (Lipinski definition) is 2. The minimum Gasteiger partial charge on any atom is -0.460 e. The van der Waals surface area contributed by atoms with E-state index in [-0.39, 0.29) is 35.6 Å². The van der Waals surface area contributed by atoms with Gasteiger partial charge < -0.3 is 15.4 Å². The molecule has 0 radical (unpaired) electrons. The number of carbonyl (C=O) groups is 1. The Hall–Kier alpha value is -4.46. The van der Waals surface area contributed by atoms with Crippen LogP contribution in [-0.4, -0.2) is 42.2 Å². The second-order valence-electron chi connectivity index (χ2n) is 9.88. The van der Waals surface area contributed by atoms with Crippen molar-refractivity contribution in [3.8, 4) is 6.07 Å². The number of hydrogen-bond acceptors (Lipinski definition) is 8. The average Bonchev–Trinajstić information content (AvgIpc) is 3.52. The van der Waals surface area contributed by atoms with E-state index >= 15 is 4.39 Å². The van der Waals surface area contributed by atoms with Gasteiger partial charge in [0, 0.05) is 42.5 Å². The van der Waals surface area contributed by atoms with Gasteiger partial charge in [0.25, 0.3) is 0 Å². The number of halogens is 1. The van der Waals surface area contributed by atoms with E-state index in [1.54, 1.807) is 29.3 Å². The fraction of sp³-hybridized carbons (Fsp3) is 0.370. The summed E-state index contributed by atoms with van der Waals surface area (Å²) in [6.07, 6.45) is 5.69. The van der Waals surface area contributed by atoms with Gasteiger partial charge in [0.1, 0.15) is 11.7 Å². The van der Waals surface area contributed by atoms with Crippen LogP contribution in [0.2, 0.25) is 0 Å². The summed E-state index contributed by atoms with van der Waals surface area (Å²) in [6.45, 7) is 8.56. The first kappa shape index (κ1) is 26.6. The molecule has 2 N–H and O–H groups in total. The number of anilines is 3. The molecule has 0 bridgehead atoms. The summed E-state index contributed by atoms with van der Waals surface area (Å²) in [7, 11) is 0. The molecule has 0 fully saturated rings. The number of rotatable bonds is 10. The highest BCUT2D eigenvalue weighted by atomic mass is 19.1. The third-order valence-corrected chi connectivity index (χ3v) is 5.72. The lowest BCUT2D eigenvalue weighted by molar-refractivity contribution is -0.155. The van der Waals surface area contributed by atoms with Crippen molar-refractivity contribution in [2.75, 3.05) is 10.6 Å². The molecule has 0 amide bonds. The molecule has 38 heavy (non-hydrogen) atoms. The SMILES string of the molecule is CCn1ncc2cc(Nc3nc(N[C@@H](CCC(=O)OC(C)(C)C)Cn4cccn4)c(F)cc3C#N)ccc21. The average molecular weight is 519 g/mol. The van der Waals surface area contributed by atoms with Crippen LogP contribution in [0, 0.1) is 17.1 Å². The van der Waals surface area contributed by atoms with Crippen LogP contribution in [0.4, 0.5) is 21.7 Å². The highest BCUT2D eigenvalue weighted by Gasteiger charge is 2.21. The molecule has 0 aliphatic carbocycles. The molecule has 1 atom stereocenters. The summed E-state index contributed by atoms with van der Waals surface area (Å²) in [5.74, 6) is -0.840. The standard InChI is InChI=1S/C27H31FN8O2/c1-5-36-23-9-7-20(13-19(23)16-31-36)32-25-18(15-29)14-22(28)26(34-25)33-21(17-35-12-6-11-30-35)8-10-24(37)38-27(2,3)4/h6-7,9,11-14,16,21H,5,8,10,17H2,1-4H3,(H2,32,33,34)/t21-/m0/s1. The van der Waals surface area contributed by atoms with Crippen LogP contribution in [-0.2, 0) is 22.6 Å². The molecule has 0 spiro atoms. The molecule has 0 saturated heterocycles. The summed E-state index contributed by atoms with van der Waals surface area (Å²) < 4.78 is 24.0. The molecule has 1 aromatic carbocycles. The Kier molecular flexibility index (Phi) is 7.90. The Labute approximate surface area is 220 Å². The molecule has 3 heterocycles. The number of pyridine rings is 1. The van der Waals surface area contributed by atoms with E-state index in [0.717, 1.165) is 23.5 Å². The molecule has 4 aromatic rings. The fourth-order valence-electron chi connectivity index (χ4n) is 4.05. The molecule has 10 nitrogen and oxygen atoms in total. The number of nitrogens with zero attached hydrogens (tertiary/aromatic N) is 6. The second-order valence-corrected chi connectivity index (χ2v) is 9.88. The minimum atomic E-state index is -0.672. The van der Waals surface area contributed by atoms with Gasteiger partial charge in [-0.2, -0.15) is 15.5 Å². The number of aryl methyl sites for hydroxylation is 1. The van der Waals surface area contributed by atoms with Crippen LogP contribution in [0.15, 0.2) is 48.9 Å². The van der Waals surface area contributed by atoms with Crippen molar-refractivity contribution in [3.05, 3.63) is 60.3 Å². The quantitative estimate of drug-likeness (QED) is 0.281. The highest BCUT2D eigenvalue weighted by molar-refractivity contribution is 5.83. The molecule has 4 rings (SSSR count). The van der Waals surface area contributed by atoms with Crippen LogP contribution in [0.1, 0.15) is 46.1 Å². The number of ether oxygens (including phenoxy) is 1. The highest BCUT2D eigenvalue weighted by Crippen LogP contribution is 2.27. The zero-order valence-corrected chi connectivity index (χ0v) is 21.9. The van der Waals surface area contributed by atoms with Gasteiger partial charge in [-0.05, 0) is 64.4 Å². The van der Waals surface area contributed by atoms with E-state index in [4.69, 9.17) is 4.74 Å².